The third kappa shape index (κ3) is 0.944. The Morgan fingerprint density at radius 3 is 2.33 bits per heavy atom. The van der Waals surface area contributed by atoms with E-state index in [-0.39, 0.29) is 12.1 Å². The predicted molar refractivity (Wildman–Crippen MR) is 34.1 cm³/mol. The van der Waals surface area contributed by atoms with E-state index in [1.165, 1.54) is 0 Å². The van der Waals surface area contributed by atoms with Crippen molar-refractivity contribution in [2.45, 2.75) is 20.0 Å². The van der Waals surface area contributed by atoms with Crippen molar-refractivity contribution in [3.8, 4) is 0 Å². The summed E-state index contributed by atoms with van der Waals surface area (Å²) in [6, 6.07) is 0. The standard InChI is InChI=1S/C6H7ClO2/c1-3-5(7)4(2)9-6(3)8/h4H,1-2H3/t4-/m1/s1. The van der Waals surface area contributed by atoms with Gasteiger partial charge in [0.15, 0.2) is 0 Å². The van der Waals surface area contributed by atoms with E-state index in [2.05, 4.69) is 0 Å². The molecule has 1 aliphatic rings. The molecule has 1 rings (SSSR count). The van der Waals surface area contributed by atoms with Crippen LogP contribution in [0.15, 0.2) is 10.6 Å². The summed E-state index contributed by atoms with van der Waals surface area (Å²) in [6.07, 6.45) is -0.237. The summed E-state index contributed by atoms with van der Waals surface area (Å²) >= 11 is 5.64. The van der Waals surface area contributed by atoms with Crippen molar-refractivity contribution in [3.63, 3.8) is 0 Å². The SMILES string of the molecule is CC1=C(Cl)[C@@H](C)OC1=O. The molecule has 0 N–H and O–H groups in total. The molecule has 9 heavy (non-hydrogen) atoms. The van der Waals surface area contributed by atoms with Gasteiger partial charge in [-0.15, -0.1) is 0 Å². The lowest BCUT2D eigenvalue weighted by atomic mass is 10.3. The monoisotopic (exact) mass is 146 g/mol. The largest absolute Gasteiger partial charge is 0.453 e. The van der Waals surface area contributed by atoms with E-state index in [1.54, 1.807) is 13.8 Å². The van der Waals surface area contributed by atoms with E-state index < -0.39 is 0 Å². The molecule has 0 fully saturated rings. The summed E-state index contributed by atoms with van der Waals surface area (Å²) in [5.74, 6) is -0.299. The van der Waals surface area contributed by atoms with E-state index >= 15 is 0 Å². The van der Waals surface area contributed by atoms with Crippen LogP contribution in [0.3, 0.4) is 0 Å². The van der Waals surface area contributed by atoms with Crippen molar-refractivity contribution in [1.29, 1.82) is 0 Å². The summed E-state index contributed by atoms with van der Waals surface area (Å²) < 4.78 is 4.74. The second-order valence-electron chi connectivity index (χ2n) is 2.02. The minimum Gasteiger partial charge on any atom is -0.453 e. The molecule has 0 spiro atoms. The molecular weight excluding hydrogens is 140 g/mol. The number of hydrogen-bond donors (Lipinski definition) is 0. The van der Waals surface area contributed by atoms with Crippen LogP contribution in [0, 0.1) is 0 Å². The van der Waals surface area contributed by atoms with Gasteiger partial charge in [0.1, 0.15) is 6.10 Å². The van der Waals surface area contributed by atoms with Crippen molar-refractivity contribution in [2.24, 2.45) is 0 Å². The Bertz CT molecular complexity index is 183. The van der Waals surface area contributed by atoms with E-state index in [9.17, 15) is 4.79 Å². The van der Waals surface area contributed by atoms with Gasteiger partial charge in [-0.3, -0.25) is 0 Å². The Balaban J connectivity index is 2.92. The number of carbonyl (C=O) groups is 1. The number of ether oxygens (including phenoxy) is 1. The van der Waals surface area contributed by atoms with Gasteiger partial charge in [0.05, 0.1) is 10.6 Å². The Kier molecular flexibility index (Phi) is 1.49. The maximum atomic E-state index is 10.6. The number of hydrogen-bond acceptors (Lipinski definition) is 2. The molecule has 1 heterocycles. The van der Waals surface area contributed by atoms with Gasteiger partial charge < -0.3 is 4.74 Å². The number of esters is 1. The topological polar surface area (TPSA) is 26.3 Å². The minimum absolute atomic E-state index is 0.237. The fourth-order valence-corrected chi connectivity index (χ4v) is 0.825. The number of rotatable bonds is 0. The third-order valence-corrected chi connectivity index (χ3v) is 1.90. The van der Waals surface area contributed by atoms with Gasteiger partial charge in [-0.25, -0.2) is 4.79 Å². The van der Waals surface area contributed by atoms with Gasteiger partial charge in [0, 0.05) is 0 Å². The van der Waals surface area contributed by atoms with Crippen LogP contribution in [0.25, 0.3) is 0 Å². The first-order chi connectivity index (χ1) is 4.13. The highest BCUT2D eigenvalue weighted by atomic mass is 35.5. The third-order valence-electron chi connectivity index (χ3n) is 1.31. The zero-order valence-corrected chi connectivity index (χ0v) is 6.03. The fourth-order valence-electron chi connectivity index (χ4n) is 0.703. The van der Waals surface area contributed by atoms with Crippen LogP contribution in [-0.4, -0.2) is 12.1 Å². The van der Waals surface area contributed by atoms with Crippen LogP contribution in [0.2, 0.25) is 0 Å². The van der Waals surface area contributed by atoms with Crippen LogP contribution in [0.5, 0.6) is 0 Å². The molecule has 0 bridgehead atoms. The first-order valence-electron chi connectivity index (χ1n) is 2.70. The molecular formula is C6H7ClO2. The van der Waals surface area contributed by atoms with Crippen LogP contribution < -0.4 is 0 Å². The van der Waals surface area contributed by atoms with Gasteiger partial charge in [-0.2, -0.15) is 0 Å². The smallest absolute Gasteiger partial charge is 0.335 e. The Hall–Kier alpha value is -0.500. The molecule has 0 aromatic rings. The summed E-state index contributed by atoms with van der Waals surface area (Å²) in [4.78, 5) is 10.6. The molecule has 1 aliphatic heterocycles. The molecule has 3 heteroatoms. The highest BCUT2D eigenvalue weighted by Crippen LogP contribution is 2.24. The van der Waals surface area contributed by atoms with Crippen LogP contribution in [0.1, 0.15) is 13.8 Å². The zero-order chi connectivity index (χ0) is 7.02. The highest BCUT2D eigenvalue weighted by Gasteiger charge is 2.25. The van der Waals surface area contributed by atoms with Gasteiger partial charge in [0.25, 0.3) is 0 Å². The normalized spacial score (nSPS) is 27.0. The van der Waals surface area contributed by atoms with Crippen molar-refractivity contribution >= 4 is 17.6 Å². The lowest BCUT2D eigenvalue weighted by Gasteiger charge is -1.99. The highest BCUT2D eigenvalue weighted by molar-refractivity contribution is 6.33. The Morgan fingerprint density at radius 2 is 2.22 bits per heavy atom. The van der Waals surface area contributed by atoms with Gasteiger partial charge in [0.2, 0.25) is 0 Å². The van der Waals surface area contributed by atoms with Crippen LogP contribution >= 0.6 is 11.6 Å². The first-order valence-corrected chi connectivity index (χ1v) is 3.08. The molecule has 2 nitrogen and oxygen atoms in total. The fraction of sp³-hybridized carbons (Fsp3) is 0.500. The quantitative estimate of drug-likeness (QED) is 0.484. The van der Waals surface area contributed by atoms with E-state index in [1.807, 2.05) is 0 Å². The van der Waals surface area contributed by atoms with Gasteiger partial charge >= 0.3 is 5.97 Å². The van der Waals surface area contributed by atoms with E-state index in [0.717, 1.165) is 0 Å². The predicted octanol–water partition coefficient (Wildman–Crippen LogP) is 1.44. The molecule has 1 atom stereocenters. The summed E-state index contributed by atoms with van der Waals surface area (Å²) in [6.45, 7) is 3.41. The van der Waals surface area contributed by atoms with Crippen molar-refractivity contribution in [1.82, 2.24) is 0 Å². The van der Waals surface area contributed by atoms with E-state index in [4.69, 9.17) is 16.3 Å². The lowest BCUT2D eigenvalue weighted by Crippen LogP contribution is -2.03. The summed E-state index contributed by atoms with van der Waals surface area (Å²) in [7, 11) is 0. The number of cyclic esters (lactones) is 1. The average Bonchev–Trinajstić information content (AvgIpc) is 1.98. The summed E-state index contributed by atoms with van der Waals surface area (Å²) in [5.41, 5.74) is 0.532. The molecule has 0 saturated heterocycles. The van der Waals surface area contributed by atoms with Crippen molar-refractivity contribution < 1.29 is 9.53 Å². The molecule has 0 radical (unpaired) electrons. The Morgan fingerprint density at radius 1 is 1.67 bits per heavy atom. The molecule has 0 saturated carbocycles. The second-order valence-corrected chi connectivity index (χ2v) is 2.43. The first kappa shape index (κ1) is 6.62. The molecule has 0 aromatic heterocycles. The lowest BCUT2D eigenvalue weighted by molar-refractivity contribution is -0.138. The second kappa shape index (κ2) is 2.03. The Labute approximate surface area is 58.4 Å². The number of halogens is 1. The minimum atomic E-state index is -0.299. The maximum Gasteiger partial charge on any atom is 0.335 e. The number of carbonyl (C=O) groups excluding carboxylic acids is 1. The van der Waals surface area contributed by atoms with Gasteiger partial charge in [-0.1, -0.05) is 11.6 Å². The van der Waals surface area contributed by atoms with Crippen molar-refractivity contribution in [2.75, 3.05) is 0 Å². The average molecular weight is 147 g/mol. The van der Waals surface area contributed by atoms with Gasteiger partial charge in [-0.05, 0) is 13.8 Å². The molecule has 0 aliphatic carbocycles. The van der Waals surface area contributed by atoms with Crippen LogP contribution in [0.4, 0.5) is 0 Å². The molecule has 0 amide bonds. The summed E-state index contributed by atoms with van der Waals surface area (Å²) in [5, 5.41) is 0.528. The molecule has 0 aromatic carbocycles. The molecule has 50 valence electrons. The maximum absolute atomic E-state index is 10.6. The molecule has 0 unspecified atom stereocenters. The van der Waals surface area contributed by atoms with Crippen molar-refractivity contribution in [3.05, 3.63) is 10.6 Å². The van der Waals surface area contributed by atoms with Crippen LogP contribution in [-0.2, 0) is 9.53 Å². The zero-order valence-electron chi connectivity index (χ0n) is 5.27. The van der Waals surface area contributed by atoms with E-state index in [0.29, 0.717) is 10.6 Å².